The maximum atomic E-state index is 13.8. The molecule has 1 N–H and O–H groups in total. The standard InChI is InChI=1S/C29H29F4NO2/c30-22-14-10-19(11-15-22)26-23(17-36-16-18-8-12-21(13-9-18)29(31,32)33)28(20-4-1-2-5-20)34-24-6-3-7-25(35)27(24)26/h8-15,20,25,35H,1-7,16-17H2. The van der Waals surface area contributed by atoms with Gasteiger partial charge >= 0.3 is 6.18 Å². The highest BCUT2D eigenvalue weighted by atomic mass is 19.4. The van der Waals surface area contributed by atoms with E-state index in [0.717, 1.165) is 84.3 Å². The quantitative estimate of drug-likeness (QED) is 0.354. The van der Waals surface area contributed by atoms with Crippen LogP contribution in [0.25, 0.3) is 11.1 Å². The van der Waals surface area contributed by atoms with E-state index < -0.39 is 17.8 Å². The predicted molar refractivity (Wildman–Crippen MR) is 129 cm³/mol. The van der Waals surface area contributed by atoms with Gasteiger partial charge < -0.3 is 9.84 Å². The van der Waals surface area contributed by atoms with E-state index in [0.29, 0.717) is 17.9 Å². The fourth-order valence-electron chi connectivity index (χ4n) is 5.55. The maximum Gasteiger partial charge on any atom is 0.416 e. The van der Waals surface area contributed by atoms with Crippen LogP contribution in [0.2, 0.25) is 0 Å². The number of nitrogens with zero attached hydrogens (tertiary/aromatic N) is 1. The molecule has 0 spiro atoms. The van der Waals surface area contributed by atoms with Gasteiger partial charge in [-0.1, -0.05) is 37.1 Å². The second-order valence-corrected chi connectivity index (χ2v) is 9.79. The maximum absolute atomic E-state index is 13.8. The van der Waals surface area contributed by atoms with E-state index in [1.165, 1.54) is 24.3 Å². The van der Waals surface area contributed by atoms with Crippen molar-refractivity contribution in [2.24, 2.45) is 0 Å². The second-order valence-electron chi connectivity index (χ2n) is 9.79. The molecule has 0 amide bonds. The fraction of sp³-hybridized carbons (Fsp3) is 0.414. The van der Waals surface area contributed by atoms with Gasteiger partial charge in [-0.3, -0.25) is 4.98 Å². The molecule has 2 aliphatic rings. The first-order valence-corrected chi connectivity index (χ1v) is 12.5. The number of alkyl halides is 3. The van der Waals surface area contributed by atoms with Crippen molar-refractivity contribution < 1.29 is 27.4 Å². The van der Waals surface area contributed by atoms with E-state index in [1.54, 1.807) is 12.1 Å². The largest absolute Gasteiger partial charge is 0.416 e. The van der Waals surface area contributed by atoms with Gasteiger partial charge in [0.1, 0.15) is 5.82 Å². The number of rotatable bonds is 6. The van der Waals surface area contributed by atoms with E-state index >= 15 is 0 Å². The van der Waals surface area contributed by atoms with Crippen molar-refractivity contribution in [2.45, 2.75) is 76.4 Å². The lowest BCUT2D eigenvalue weighted by atomic mass is 9.82. The van der Waals surface area contributed by atoms with Gasteiger partial charge in [0.2, 0.25) is 0 Å². The summed E-state index contributed by atoms with van der Waals surface area (Å²) in [6, 6.07) is 11.3. The number of aliphatic hydroxyl groups excluding tert-OH is 1. The summed E-state index contributed by atoms with van der Waals surface area (Å²) >= 11 is 0. The molecule has 1 unspecified atom stereocenters. The first-order chi connectivity index (χ1) is 17.3. The summed E-state index contributed by atoms with van der Waals surface area (Å²) < 4.78 is 58.6. The van der Waals surface area contributed by atoms with Gasteiger partial charge in [0.05, 0.1) is 24.9 Å². The normalized spacial score (nSPS) is 18.4. The zero-order valence-corrected chi connectivity index (χ0v) is 20.0. The molecule has 2 aromatic carbocycles. The lowest BCUT2D eigenvalue weighted by molar-refractivity contribution is -0.137. The van der Waals surface area contributed by atoms with Crippen LogP contribution in [-0.4, -0.2) is 10.1 Å². The Bertz CT molecular complexity index is 1200. The van der Waals surface area contributed by atoms with Crippen molar-refractivity contribution in [3.05, 3.63) is 88.0 Å². The van der Waals surface area contributed by atoms with Crippen molar-refractivity contribution in [3.63, 3.8) is 0 Å². The molecule has 1 aromatic heterocycles. The third-order valence-electron chi connectivity index (χ3n) is 7.34. The van der Waals surface area contributed by atoms with Gasteiger partial charge in [0, 0.05) is 28.4 Å². The minimum Gasteiger partial charge on any atom is -0.388 e. The van der Waals surface area contributed by atoms with Gasteiger partial charge in [-0.05, 0) is 73.1 Å². The number of aryl methyl sites for hydroxylation is 1. The van der Waals surface area contributed by atoms with Crippen molar-refractivity contribution >= 4 is 0 Å². The SMILES string of the molecule is OC1CCCc2nc(C3CCCC3)c(COCc3ccc(C(F)(F)F)cc3)c(-c3ccc(F)cc3)c21. The van der Waals surface area contributed by atoms with Gasteiger partial charge in [-0.2, -0.15) is 13.2 Å². The monoisotopic (exact) mass is 499 g/mol. The van der Waals surface area contributed by atoms with Gasteiger partial charge in [-0.15, -0.1) is 0 Å². The molecule has 5 rings (SSSR count). The summed E-state index contributed by atoms with van der Waals surface area (Å²) in [5.74, 6) is -0.0448. The van der Waals surface area contributed by atoms with Crippen LogP contribution in [0.15, 0.2) is 48.5 Å². The average Bonchev–Trinajstić information content (AvgIpc) is 3.39. The highest BCUT2D eigenvalue weighted by Gasteiger charge is 2.32. The highest BCUT2D eigenvalue weighted by Crippen LogP contribution is 2.44. The van der Waals surface area contributed by atoms with Crippen LogP contribution >= 0.6 is 0 Å². The summed E-state index contributed by atoms with van der Waals surface area (Å²) in [7, 11) is 0. The number of benzene rings is 2. The number of hydrogen-bond donors (Lipinski definition) is 1. The summed E-state index contributed by atoms with van der Waals surface area (Å²) in [6.45, 7) is 0.345. The van der Waals surface area contributed by atoms with E-state index in [-0.39, 0.29) is 19.0 Å². The number of pyridine rings is 1. The molecule has 3 aromatic rings. The van der Waals surface area contributed by atoms with Crippen LogP contribution in [0.1, 0.15) is 84.2 Å². The highest BCUT2D eigenvalue weighted by molar-refractivity contribution is 5.74. The molecule has 0 aliphatic heterocycles. The lowest BCUT2D eigenvalue weighted by Crippen LogP contribution is -2.18. The molecule has 1 saturated carbocycles. The number of halogens is 4. The van der Waals surface area contributed by atoms with Crippen LogP contribution in [0, 0.1) is 5.82 Å². The molecule has 0 radical (unpaired) electrons. The minimum absolute atomic E-state index is 0.144. The number of aliphatic hydroxyl groups is 1. The number of hydrogen-bond acceptors (Lipinski definition) is 3. The summed E-state index contributed by atoms with van der Waals surface area (Å²) in [4.78, 5) is 5.07. The summed E-state index contributed by atoms with van der Waals surface area (Å²) in [5, 5.41) is 11.0. The third kappa shape index (κ3) is 5.18. The topological polar surface area (TPSA) is 42.4 Å². The molecule has 1 fully saturated rings. The molecule has 2 aliphatic carbocycles. The Morgan fingerprint density at radius 2 is 1.58 bits per heavy atom. The molecule has 7 heteroatoms. The Balaban J connectivity index is 1.52. The zero-order valence-electron chi connectivity index (χ0n) is 20.0. The molecule has 0 bridgehead atoms. The third-order valence-corrected chi connectivity index (χ3v) is 7.34. The van der Waals surface area contributed by atoms with Gasteiger partial charge in [0.15, 0.2) is 0 Å². The first-order valence-electron chi connectivity index (χ1n) is 12.5. The van der Waals surface area contributed by atoms with Crippen molar-refractivity contribution in [1.82, 2.24) is 4.98 Å². The Hall–Kier alpha value is -2.77. The van der Waals surface area contributed by atoms with E-state index in [9.17, 15) is 22.7 Å². The number of ether oxygens (including phenoxy) is 1. The van der Waals surface area contributed by atoms with E-state index in [1.807, 2.05) is 0 Å². The minimum atomic E-state index is -4.38. The molecule has 1 atom stereocenters. The van der Waals surface area contributed by atoms with Crippen molar-refractivity contribution in [2.75, 3.05) is 0 Å². The second kappa shape index (κ2) is 10.3. The van der Waals surface area contributed by atoms with Crippen LogP contribution in [0.3, 0.4) is 0 Å². The molecule has 0 saturated heterocycles. The smallest absolute Gasteiger partial charge is 0.388 e. The zero-order chi connectivity index (χ0) is 25.3. The molecule has 1 heterocycles. The van der Waals surface area contributed by atoms with Crippen LogP contribution in [0.4, 0.5) is 17.6 Å². The van der Waals surface area contributed by atoms with Gasteiger partial charge in [0.25, 0.3) is 0 Å². The lowest BCUT2D eigenvalue weighted by Gasteiger charge is -2.29. The number of fused-ring (bicyclic) bond motifs is 1. The first kappa shape index (κ1) is 24.9. The van der Waals surface area contributed by atoms with E-state index in [4.69, 9.17) is 9.72 Å². The predicted octanol–water partition coefficient (Wildman–Crippen LogP) is 7.65. The Morgan fingerprint density at radius 1 is 0.889 bits per heavy atom. The molecular weight excluding hydrogens is 470 g/mol. The van der Waals surface area contributed by atoms with Crippen molar-refractivity contribution in [1.29, 1.82) is 0 Å². The Morgan fingerprint density at radius 3 is 2.25 bits per heavy atom. The molecule has 36 heavy (non-hydrogen) atoms. The van der Waals surface area contributed by atoms with Crippen LogP contribution < -0.4 is 0 Å². The number of aromatic nitrogens is 1. The average molecular weight is 500 g/mol. The Labute approximate surface area is 208 Å². The summed E-state index contributed by atoms with van der Waals surface area (Å²) in [5.41, 5.74) is 5.18. The molecular formula is C29H29F4NO2. The van der Waals surface area contributed by atoms with Crippen LogP contribution in [0.5, 0.6) is 0 Å². The fourth-order valence-corrected chi connectivity index (χ4v) is 5.55. The molecule has 3 nitrogen and oxygen atoms in total. The van der Waals surface area contributed by atoms with Crippen molar-refractivity contribution in [3.8, 4) is 11.1 Å². The molecule has 190 valence electrons. The summed E-state index contributed by atoms with van der Waals surface area (Å²) in [6.07, 6.45) is 1.56. The van der Waals surface area contributed by atoms with Gasteiger partial charge in [-0.25, -0.2) is 4.39 Å². The van der Waals surface area contributed by atoms with Crippen LogP contribution in [-0.2, 0) is 30.5 Å². The Kier molecular flexibility index (Phi) is 7.13. The van der Waals surface area contributed by atoms with E-state index in [2.05, 4.69) is 0 Å².